The second-order valence-electron chi connectivity index (χ2n) is 9.56. The quantitative estimate of drug-likeness (QED) is 0.343. The van der Waals surface area contributed by atoms with Crippen molar-refractivity contribution >= 4 is 37.0 Å². The summed E-state index contributed by atoms with van der Waals surface area (Å²) in [5.41, 5.74) is 3.12. The van der Waals surface area contributed by atoms with E-state index in [9.17, 15) is 21.6 Å². The molecular formula is C27H28N2O6S2. The lowest BCUT2D eigenvalue weighted by Crippen LogP contribution is -2.43. The Morgan fingerprint density at radius 1 is 0.946 bits per heavy atom. The molecule has 2 N–H and O–H groups in total. The highest BCUT2D eigenvalue weighted by Crippen LogP contribution is 2.32. The van der Waals surface area contributed by atoms with E-state index in [1.807, 2.05) is 18.2 Å². The fourth-order valence-corrected chi connectivity index (χ4v) is 5.84. The predicted octanol–water partition coefficient (Wildman–Crippen LogP) is 4.05. The number of sulfonamides is 1. The van der Waals surface area contributed by atoms with Gasteiger partial charge in [-0.3, -0.25) is 9.52 Å². The molecular weight excluding hydrogens is 512 g/mol. The van der Waals surface area contributed by atoms with Crippen LogP contribution in [0.15, 0.2) is 82.6 Å². The van der Waals surface area contributed by atoms with Crippen LogP contribution in [0.4, 0.5) is 5.69 Å². The fraction of sp³-hybridized carbons (Fsp3) is 0.222. The number of allylic oxidation sites excluding steroid dienone is 1. The van der Waals surface area contributed by atoms with Crippen LogP contribution in [0.2, 0.25) is 0 Å². The van der Waals surface area contributed by atoms with Gasteiger partial charge in [-0.2, -0.15) is 0 Å². The molecule has 1 heterocycles. The third-order valence-corrected chi connectivity index (χ3v) is 8.50. The van der Waals surface area contributed by atoms with E-state index in [1.165, 1.54) is 36.4 Å². The van der Waals surface area contributed by atoms with Gasteiger partial charge in [0.1, 0.15) is 5.75 Å². The monoisotopic (exact) mass is 540 g/mol. The van der Waals surface area contributed by atoms with E-state index in [-0.39, 0.29) is 26.8 Å². The van der Waals surface area contributed by atoms with Gasteiger partial charge in [0, 0.05) is 40.4 Å². The Morgan fingerprint density at radius 2 is 1.57 bits per heavy atom. The molecule has 1 aliphatic rings. The van der Waals surface area contributed by atoms with Gasteiger partial charge in [-0.15, -0.1) is 0 Å². The van der Waals surface area contributed by atoms with E-state index >= 15 is 0 Å². The van der Waals surface area contributed by atoms with Crippen molar-refractivity contribution in [3.63, 3.8) is 0 Å². The van der Waals surface area contributed by atoms with Crippen molar-refractivity contribution in [2.75, 3.05) is 18.1 Å². The van der Waals surface area contributed by atoms with Gasteiger partial charge in [0.05, 0.1) is 16.9 Å². The van der Waals surface area contributed by atoms with Gasteiger partial charge in [0.2, 0.25) is 0 Å². The summed E-state index contributed by atoms with van der Waals surface area (Å²) >= 11 is 0. The standard InChI is InChI=1S/C27H28N2O6S2/c1-27(2)17-19-7-10-21(35-3)15-24(19)25(28-27)16-26(30)18-5-8-20(9-6-18)29-37(33,34)23-13-11-22(12-14-23)36(4,31)32/h5-16,28-29H,17H2,1-4H3/b25-16-. The van der Waals surface area contributed by atoms with Crippen LogP contribution in [0.5, 0.6) is 5.75 Å². The smallest absolute Gasteiger partial charge is 0.261 e. The molecule has 3 aromatic carbocycles. The molecule has 0 fully saturated rings. The van der Waals surface area contributed by atoms with Crippen molar-refractivity contribution in [2.24, 2.45) is 0 Å². The molecule has 0 spiro atoms. The molecule has 4 rings (SSSR count). The van der Waals surface area contributed by atoms with Crippen LogP contribution < -0.4 is 14.8 Å². The molecule has 0 aliphatic carbocycles. The lowest BCUT2D eigenvalue weighted by atomic mass is 9.85. The van der Waals surface area contributed by atoms with Crippen LogP contribution >= 0.6 is 0 Å². The Morgan fingerprint density at radius 3 is 2.16 bits per heavy atom. The molecule has 0 aromatic heterocycles. The van der Waals surface area contributed by atoms with Crippen LogP contribution in [0.3, 0.4) is 0 Å². The molecule has 37 heavy (non-hydrogen) atoms. The first-order chi connectivity index (χ1) is 17.3. The summed E-state index contributed by atoms with van der Waals surface area (Å²) < 4.78 is 56.5. The van der Waals surface area contributed by atoms with E-state index in [1.54, 1.807) is 25.3 Å². The van der Waals surface area contributed by atoms with Crippen LogP contribution in [-0.2, 0) is 26.3 Å². The molecule has 8 nitrogen and oxygen atoms in total. The van der Waals surface area contributed by atoms with Crippen LogP contribution in [0, 0.1) is 0 Å². The van der Waals surface area contributed by atoms with Gasteiger partial charge < -0.3 is 10.1 Å². The van der Waals surface area contributed by atoms with Crippen molar-refractivity contribution < 1.29 is 26.4 Å². The van der Waals surface area contributed by atoms with E-state index in [0.29, 0.717) is 17.0 Å². The van der Waals surface area contributed by atoms with Crippen LogP contribution in [0.1, 0.15) is 35.3 Å². The second kappa shape index (κ2) is 9.68. The van der Waals surface area contributed by atoms with Gasteiger partial charge >= 0.3 is 0 Å². The number of benzene rings is 3. The third-order valence-electron chi connectivity index (χ3n) is 5.97. The molecule has 0 atom stereocenters. The highest BCUT2D eigenvalue weighted by atomic mass is 32.2. The summed E-state index contributed by atoms with van der Waals surface area (Å²) in [5, 5.41) is 3.43. The Balaban J connectivity index is 1.55. The highest BCUT2D eigenvalue weighted by Gasteiger charge is 2.28. The van der Waals surface area contributed by atoms with Crippen LogP contribution in [-0.4, -0.2) is 41.5 Å². The zero-order valence-electron chi connectivity index (χ0n) is 20.9. The van der Waals surface area contributed by atoms with Crippen molar-refractivity contribution in [1.29, 1.82) is 0 Å². The fourth-order valence-electron chi connectivity index (χ4n) is 4.15. The van der Waals surface area contributed by atoms with Crippen molar-refractivity contribution in [3.8, 4) is 5.75 Å². The number of sulfone groups is 1. The minimum Gasteiger partial charge on any atom is -0.497 e. The molecule has 0 bridgehead atoms. The molecule has 10 heteroatoms. The lowest BCUT2D eigenvalue weighted by Gasteiger charge is -2.35. The summed E-state index contributed by atoms with van der Waals surface area (Å²) in [6, 6.07) is 16.9. The number of nitrogens with one attached hydrogen (secondary N) is 2. The molecule has 1 aliphatic heterocycles. The Kier molecular flexibility index (Phi) is 6.91. The van der Waals surface area contributed by atoms with E-state index in [4.69, 9.17) is 4.74 Å². The molecule has 3 aromatic rings. The molecule has 194 valence electrons. The maximum atomic E-state index is 13.1. The van der Waals surface area contributed by atoms with Gasteiger partial charge in [-0.25, -0.2) is 16.8 Å². The van der Waals surface area contributed by atoms with Gasteiger partial charge in [-0.05, 0) is 86.5 Å². The SMILES string of the molecule is COc1ccc2c(c1)/C(=C/C(=O)c1ccc(NS(=O)(=O)c3ccc(S(C)(=O)=O)cc3)cc1)NC(C)(C)C2. The Hall–Kier alpha value is -3.63. The molecule has 0 saturated carbocycles. The number of hydrogen-bond donors (Lipinski definition) is 2. The number of fused-ring (bicyclic) bond motifs is 1. The number of rotatable bonds is 7. The molecule has 0 amide bonds. The average molecular weight is 541 g/mol. The number of carbonyl (C=O) groups is 1. The van der Waals surface area contributed by atoms with Crippen LogP contribution in [0.25, 0.3) is 5.70 Å². The van der Waals surface area contributed by atoms with E-state index < -0.39 is 19.9 Å². The summed E-state index contributed by atoms with van der Waals surface area (Å²) in [4.78, 5) is 13.0. The number of carbonyl (C=O) groups excluding carboxylic acids is 1. The summed E-state index contributed by atoms with van der Waals surface area (Å²) in [7, 11) is -5.79. The van der Waals surface area contributed by atoms with Crippen molar-refractivity contribution in [3.05, 3.63) is 89.5 Å². The van der Waals surface area contributed by atoms with Gasteiger partial charge in [0.25, 0.3) is 10.0 Å². The minimum absolute atomic E-state index is 0.0281. The number of anilines is 1. The maximum Gasteiger partial charge on any atom is 0.261 e. The van der Waals surface area contributed by atoms with E-state index in [0.717, 1.165) is 23.8 Å². The first-order valence-electron chi connectivity index (χ1n) is 11.4. The van der Waals surface area contributed by atoms with E-state index in [2.05, 4.69) is 23.9 Å². The summed E-state index contributed by atoms with van der Waals surface area (Å²) in [6.45, 7) is 4.13. The first kappa shape index (κ1) is 26.4. The molecule has 0 radical (unpaired) electrons. The largest absolute Gasteiger partial charge is 0.497 e. The van der Waals surface area contributed by atoms with Crippen molar-refractivity contribution in [1.82, 2.24) is 5.32 Å². The minimum atomic E-state index is -3.95. The zero-order chi connectivity index (χ0) is 27.0. The Bertz CT molecular complexity index is 1590. The predicted molar refractivity (Wildman–Crippen MR) is 143 cm³/mol. The third kappa shape index (κ3) is 6.03. The lowest BCUT2D eigenvalue weighted by molar-refractivity contribution is 0.104. The summed E-state index contributed by atoms with van der Waals surface area (Å²) in [6.07, 6.45) is 3.39. The zero-order valence-corrected chi connectivity index (χ0v) is 22.5. The van der Waals surface area contributed by atoms with Gasteiger partial charge in [0.15, 0.2) is 15.6 Å². The van der Waals surface area contributed by atoms with Crippen molar-refractivity contribution in [2.45, 2.75) is 35.6 Å². The molecule has 0 saturated heterocycles. The first-order valence-corrected chi connectivity index (χ1v) is 14.8. The summed E-state index contributed by atoms with van der Waals surface area (Å²) in [5.74, 6) is 0.459. The van der Waals surface area contributed by atoms with Gasteiger partial charge in [-0.1, -0.05) is 6.07 Å². The normalized spacial score (nSPS) is 15.9. The average Bonchev–Trinajstić information content (AvgIpc) is 2.83. The number of hydrogen-bond acceptors (Lipinski definition) is 7. The maximum absolute atomic E-state index is 13.1. The second-order valence-corrected chi connectivity index (χ2v) is 13.3. The topological polar surface area (TPSA) is 119 Å². The molecule has 0 unspecified atom stereocenters. The number of ether oxygens (including phenoxy) is 1. The highest BCUT2D eigenvalue weighted by molar-refractivity contribution is 7.92. The Labute approximate surface area is 217 Å². The number of methoxy groups -OCH3 is 1. The number of ketones is 1.